The van der Waals surface area contributed by atoms with E-state index in [9.17, 15) is 4.39 Å². The zero-order chi connectivity index (χ0) is 15.4. The second kappa shape index (κ2) is 6.01. The van der Waals surface area contributed by atoms with E-state index in [0.717, 1.165) is 5.56 Å². The van der Waals surface area contributed by atoms with Gasteiger partial charge in [-0.2, -0.15) is 5.26 Å². The summed E-state index contributed by atoms with van der Waals surface area (Å²) in [4.78, 5) is 11.8. The van der Waals surface area contributed by atoms with Crippen LogP contribution in [0.2, 0.25) is 0 Å². The summed E-state index contributed by atoms with van der Waals surface area (Å²) in [6.45, 7) is 0.342. The van der Waals surface area contributed by atoms with Gasteiger partial charge in [0.1, 0.15) is 11.9 Å². The molecule has 2 aromatic heterocycles. The SMILES string of the molecule is N#Cc1nccnc1NCc1ccc(-n2ccnc2)c(F)c1. The minimum Gasteiger partial charge on any atom is -0.364 e. The molecule has 0 atom stereocenters. The molecule has 3 aromatic rings. The van der Waals surface area contributed by atoms with Crippen molar-refractivity contribution in [2.75, 3.05) is 5.32 Å². The average Bonchev–Trinajstić information content (AvgIpc) is 3.07. The summed E-state index contributed by atoms with van der Waals surface area (Å²) >= 11 is 0. The number of hydrogen-bond acceptors (Lipinski definition) is 5. The number of halogens is 1. The lowest BCUT2D eigenvalue weighted by Crippen LogP contribution is -2.05. The number of aromatic nitrogens is 4. The van der Waals surface area contributed by atoms with Gasteiger partial charge in [-0.25, -0.2) is 19.3 Å². The zero-order valence-electron chi connectivity index (χ0n) is 11.4. The molecule has 0 unspecified atom stereocenters. The summed E-state index contributed by atoms with van der Waals surface area (Å²) in [6.07, 6.45) is 7.74. The molecule has 0 fully saturated rings. The highest BCUT2D eigenvalue weighted by Crippen LogP contribution is 2.16. The highest BCUT2D eigenvalue weighted by molar-refractivity contribution is 5.47. The number of benzene rings is 1. The van der Waals surface area contributed by atoms with Gasteiger partial charge in [-0.1, -0.05) is 6.07 Å². The Morgan fingerprint density at radius 2 is 2.09 bits per heavy atom. The minimum atomic E-state index is -0.350. The van der Waals surface area contributed by atoms with Gasteiger partial charge in [0.2, 0.25) is 0 Å². The van der Waals surface area contributed by atoms with Crippen LogP contribution in [0.25, 0.3) is 5.69 Å². The standard InChI is InChI=1S/C15H11FN6/c16-12-7-11(1-2-14(12)22-6-5-18-10-22)9-21-15-13(8-17)19-3-4-20-15/h1-7,10H,9H2,(H,20,21). The van der Waals surface area contributed by atoms with Crippen LogP contribution in [0.4, 0.5) is 10.2 Å². The Morgan fingerprint density at radius 1 is 1.23 bits per heavy atom. The van der Waals surface area contributed by atoms with Gasteiger partial charge in [-0.05, 0) is 17.7 Å². The van der Waals surface area contributed by atoms with E-state index in [1.54, 1.807) is 29.1 Å². The number of rotatable bonds is 4. The highest BCUT2D eigenvalue weighted by atomic mass is 19.1. The Hall–Kier alpha value is -3.27. The number of nitrogens with zero attached hydrogens (tertiary/aromatic N) is 5. The maximum absolute atomic E-state index is 14.1. The van der Waals surface area contributed by atoms with Crippen LogP contribution in [-0.4, -0.2) is 19.5 Å². The normalized spacial score (nSPS) is 10.2. The maximum atomic E-state index is 14.1. The van der Waals surface area contributed by atoms with E-state index in [1.165, 1.54) is 24.8 Å². The predicted molar refractivity (Wildman–Crippen MR) is 77.6 cm³/mol. The Morgan fingerprint density at radius 3 is 2.82 bits per heavy atom. The smallest absolute Gasteiger partial charge is 0.182 e. The third-order valence-corrected chi connectivity index (χ3v) is 3.06. The molecular weight excluding hydrogens is 283 g/mol. The fraction of sp³-hybridized carbons (Fsp3) is 0.0667. The van der Waals surface area contributed by atoms with Crippen LogP contribution in [-0.2, 0) is 6.54 Å². The Labute approximate surface area is 125 Å². The van der Waals surface area contributed by atoms with Crippen LogP contribution in [0.1, 0.15) is 11.3 Å². The molecule has 0 aliphatic carbocycles. The molecule has 1 aromatic carbocycles. The number of nitrogens with one attached hydrogen (secondary N) is 1. The Kier molecular flexibility index (Phi) is 3.74. The number of nitriles is 1. The summed E-state index contributed by atoms with van der Waals surface area (Å²) in [7, 11) is 0. The molecule has 0 aliphatic rings. The summed E-state index contributed by atoms with van der Waals surface area (Å²) in [5, 5.41) is 11.9. The van der Waals surface area contributed by atoms with E-state index < -0.39 is 0 Å². The first-order valence-electron chi connectivity index (χ1n) is 6.49. The number of anilines is 1. The van der Waals surface area contributed by atoms with Gasteiger partial charge in [-0.15, -0.1) is 0 Å². The van der Waals surface area contributed by atoms with E-state index in [2.05, 4.69) is 20.3 Å². The lowest BCUT2D eigenvalue weighted by atomic mass is 10.2. The second-order valence-electron chi connectivity index (χ2n) is 4.47. The van der Waals surface area contributed by atoms with Crippen molar-refractivity contribution in [3.63, 3.8) is 0 Å². The van der Waals surface area contributed by atoms with Crippen molar-refractivity contribution >= 4 is 5.82 Å². The summed E-state index contributed by atoms with van der Waals surface area (Å²) in [5.41, 5.74) is 1.37. The molecule has 0 saturated carbocycles. The molecular formula is C15H11FN6. The van der Waals surface area contributed by atoms with Crippen LogP contribution < -0.4 is 5.32 Å². The van der Waals surface area contributed by atoms with Gasteiger partial charge in [-0.3, -0.25) is 0 Å². The van der Waals surface area contributed by atoms with E-state index in [4.69, 9.17) is 5.26 Å². The molecule has 0 amide bonds. The molecule has 0 spiro atoms. The summed E-state index contributed by atoms with van der Waals surface area (Å²) < 4.78 is 15.7. The van der Waals surface area contributed by atoms with Gasteiger partial charge in [0.05, 0.1) is 12.0 Å². The monoisotopic (exact) mass is 294 g/mol. The van der Waals surface area contributed by atoms with Crippen molar-refractivity contribution in [3.05, 3.63) is 66.4 Å². The number of hydrogen-bond donors (Lipinski definition) is 1. The van der Waals surface area contributed by atoms with Crippen LogP contribution in [0.3, 0.4) is 0 Å². The van der Waals surface area contributed by atoms with Crippen molar-refractivity contribution in [1.82, 2.24) is 19.5 Å². The Balaban J connectivity index is 1.77. The second-order valence-corrected chi connectivity index (χ2v) is 4.47. The molecule has 0 aliphatic heterocycles. The lowest BCUT2D eigenvalue weighted by Gasteiger charge is -2.09. The summed E-state index contributed by atoms with van der Waals surface area (Å²) in [6, 6.07) is 6.86. The molecule has 1 N–H and O–H groups in total. The molecule has 22 heavy (non-hydrogen) atoms. The lowest BCUT2D eigenvalue weighted by molar-refractivity contribution is 0.616. The molecule has 2 heterocycles. The van der Waals surface area contributed by atoms with Crippen LogP contribution in [0.5, 0.6) is 0 Å². The fourth-order valence-electron chi connectivity index (χ4n) is 2.01. The van der Waals surface area contributed by atoms with Gasteiger partial charge in [0, 0.05) is 31.3 Å². The molecule has 7 heteroatoms. The Bertz CT molecular complexity index is 822. The fourth-order valence-corrected chi connectivity index (χ4v) is 2.01. The quantitative estimate of drug-likeness (QED) is 0.798. The van der Waals surface area contributed by atoms with Crippen molar-refractivity contribution in [3.8, 4) is 11.8 Å². The number of imidazole rings is 1. The third-order valence-electron chi connectivity index (χ3n) is 3.06. The van der Waals surface area contributed by atoms with Crippen molar-refractivity contribution < 1.29 is 4.39 Å². The van der Waals surface area contributed by atoms with Gasteiger partial charge in [0.25, 0.3) is 0 Å². The van der Waals surface area contributed by atoms with E-state index in [0.29, 0.717) is 18.1 Å². The average molecular weight is 294 g/mol. The van der Waals surface area contributed by atoms with E-state index >= 15 is 0 Å². The maximum Gasteiger partial charge on any atom is 0.182 e. The highest BCUT2D eigenvalue weighted by Gasteiger charge is 2.07. The first-order valence-corrected chi connectivity index (χ1v) is 6.49. The van der Waals surface area contributed by atoms with E-state index in [-0.39, 0.29) is 11.5 Å². The third kappa shape index (κ3) is 2.76. The summed E-state index contributed by atoms with van der Waals surface area (Å²) in [5.74, 6) is 0.0287. The van der Waals surface area contributed by atoms with Gasteiger partial charge >= 0.3 is 0 Å². The first kappa shape index (κ1) is 13.7. The van der Waals surface area contributed by atoms with E-state index in [1.807, 2.05) is 6.07 Å². The molecule has 108 valence electrons. The topological polar surface area (TPSA) is 79.4 Å². The molecule has 0 saturated heterocycles. The van der Waals surface area contributed by atoms with Crippen LogP contribution in [0.15, 0.2) is 49.3 Å². The molecule has 0 radical (unpaired) electrons. The largest absolute Gasteiger partial charge is 0.364 e. The van der Waals surface area contributed by atoms with Gasteiger partial charge < -0.3 is 9.88 Å². The van der Waals surface area contributed by atoms with Crippen molar-refractivity contribution in [2.45, 2.75) is 6.54 Å². The van der Waals surface area contributed by atoms with Crippen molar-refractivity contribution in [2.24, 2.45) is 0 Å². The minimum absolute atomic E-state index is 0.206. The molecule has 6 nitrogen and oxygen atoms in total. The van der Waals surface area contributed by atoms with Crippen LogP contribution in [0, 0.1) is 17.1 Å². The first-order chi connectivity index (χ1) is 10.8. The van der Waals surface area contributed by atoms with Crippen molar-refractivity contribution in [1.29, 1.82) is 5.26 Å². The zero-order valence-corrected chi connectivity index (χ0v) is 11.4. The molecule has 3 rings (SSSR count). The van der Waals surface area contributed by atoms with Gasteiger partial charge in [0.15, 0.2) is 11.5 Å². The molecule has 0 bridgehead atoms. The predicted octanol–water partition coefficient (Wildman–Crippen LogP) is 2.29. The van der Waals surface area contributed by atoms with Crippen LogP contribution >= 0.6 is 0 Å².